The lowest BCUT2D eigenvalue weighted by Crippen LogP contribution is -2.63. The average molecular weight is 1170 g/mol. The van der Waals surface area contributed by atoms with E-state index in [9.17, 15) is 48.3 Å². The van der Waals surface area contributed by atoms with Gasteiger partial charge in [-0.1, -0.05) is 102 Å². The van der Waals surface area contributed by atoms with Crippen LogP contribution < -0.4 is 21.3 Å². The Morgan fingerprint density at radius 1 is 0.470 bits per heavy atom. The molecule has 12 atom stereocenters. The van der Waals surface area contributed by atoms with E-state index in [0.717, 1.165) is 14.7 Å². The number of hydrogen-bond acceptors (Lipinski definition) is 12. The Morgan fingerprint density at radius 3 is 1.41 bits per heavy atom. The molecular weight excluding hydrogens is 1070 g/mol. The summed E-state index contributed by atoms with van der Waals surface area (Å²) in [6.07, 6.45) is 3.79. The maximum absolute atomic E-state index is 15.1. The first-order valence-corrected chi connectivity index (χ1v) is 29.7. The summed E-state index contributed by atoms with van der Waals surface area (Å²) in [7, 11) is 9.84. The molecule has 5 N–H and O–H groups in total. The van der Waals surface area contributed by atoms with Gasteiger partial charge in [-0.3, -0.25) is 52.7 Å². The largest absolute Gasteiger partial charge is 0.390 e. The van der Waals surface area contributed by atoms with E-state index in [1.807, 2.05) is 60.6 Å². The van der Waals surface area contributed by atoms with Crippen molar-refractivity contribution >= 4 is 65.0 Å². The predicted octanol–water partition coefficient (Wildman–Crippen LogP) is 2.63. The normalized spacial score (nSPS) is 27.2. The molecule has 0 aromatic carbocycles. The molecule has 11 amide bonds. The maximum Gasteiger partial charge on any atom is 0.246 e. The quantitative estimate of drug-likeness (QED) is 0.157. The molecule has 1 rings (SSSR count). The molecular formula is C60H107N11O12. The van der Waals surface area contributed by atoms with Crippen molar-refractivity contribution in [1.82, 2.24) is 55.6 Å². The summed E-state index contributed by atoms with van der Waals surface area (Å²) in [4.78, 5) is 167. The molecule has 0 aromatic rings. The summed E-state index contributed by atoms with van der Waals surface area (Å²) >= 11 is 0. The van der Waals surface area contributed by atoms with Gasteiger partial charge in [-0.15, -0.1) is 0 Å². The molecule has 0 aromatic heterocycles. The summed E-state index contributed by atoms with van der Waals surface area (Å²) in [6.45, 7) is 27.1. The van der Waals surface area contributed by atoms with Gasteiger partial charge in [-0.25, -0.2) is 0 Å². The van der Waals surface area contributed by atoms with Gasteiger partial charge in [0.1, 0.15) is 60.4 Å². The molecule has 474 valence electrons. The molecule has 1 saturated heterocycles. The van der Waals surface area contributed by atoms with E-state index in [1.54, 1.807) is 41.5 Å². The molecule has 0 aliphatic carbocycles. The maximum atomic E-state index is 15.1. The van der Waals surface area contributed by atoms with Gasteiger partial charge in [-0.05, 0) is 94.8 Å². The molecule has 1 heterocycles. The number of likely N-dealkylation sites (N-methyl/N-ethyl adjacent to an activating group) is 7. The van der Waals surface area contributed by atoms with Gasteiger partial charge in [0.05, 0.1) is 12.6 Å². The van der Waals surface area contributed by atoms with Crippen LogP contribution in [0, 0.1) is 35.5 Å². The fraction of sp³-hybridized carbons (Fsp3) is 0.783. The highest BCUT2D eigenvalue weighted by atomic mass is 16.3. The van der Waals surface area contributed by atoms with Crippen LogP contribution in [0.2, 0.25) is 0 Å². The zero-order valence-corrected chi connectivity index (χ0v) is 54.5. The van der Waals surface area contributed by atoms with Gasteiger partial charge >= 0.3 is 0 Å². The van der Waals surface area contributed by atoms with E-state index in [2.05, 4.69) is 21.3 Å². The molecule has 1 aliphatic heterocycles. The number of aliphatic hydroxyl groups is 1. The minimum absolute atomic E-state index is 0.0241. The Morgan fingerprint density at radius 2 is 0.940 bits per heavy atom. The zero-order valence-electron chi connectivity index (χ0n) is 54.5. The highest BCUT2D eigenvalue weighted by molar-refractivity contribution is 5.99. The number of carbonyl (C=O) groups excluding carboxylic acids is 11. The van der Waals surface area contributed by atoms with Crippen molar-refractivity contribution in [2.75, 3.05) is 55.9 Å². The van der Waals surface area contributed by atoms with Crippen molar-refractivity contribution in [2.24, 2.45) is 35.5 Å². The zero-order chi connectivity index (χ0) is 64.4. The Bertz CT molecular complexity index is 2270. The van der Waals surface area contributed by atoms with Gasteiger partial charge < -0.3 is 60.7 Å². The minimum atomic E-state index is -1.61. The summed E-state index contributed by atoms with van der Waals surface area (Å²) in [5.41, 5.74) is 0. The summed E-state index contributed by atoms with van der Waals surface area (Å²) < 4.78 is 0. The van der Waals surface area contributed by atoms with Gasteiger partial charge in [0.25, 0.3) is 0 Å². The Balaban J connectivity index is 4.25. The highest BCUT2D eigenvalue weighted by Gasteiger charge is 2.45. The van der Waals surface area contributed by atoms with E-state index in [0.29, 0.717) is 12.8 Å². The number of nitrogens with zero attached hydrogens (tertiary/aromatic N) is 7. The summed E-state index contributed by atoms with van der Waals surface area (Å²) in [5, 5.41) is 22.9. The molecule has 0 radical (unpaired) electrons. The second kappa shape index (κ2) is 34.0. The van der Waals surface area contributed by atoms with Crippen LogP contribution in [-0.2, 0) is 52.7 Å². The van der Waals surface area contributed by atoms with Gasteiger partial charge in [0.15, 0.2) is 0 Å². The van der Waals surface area contributed by atoms with Crippen molar-refractivity contribution < 1.29 is 57.8 Å². The summed E-state index contributed by atoms with van der Waals surface area (Å²) in [6, 6.07) is -12.3. The number of amides is 11. The molecule has 0 saturated carbocycles. The van der Waals surface area contributed by atoms with Crippen molar-refractivity contribution in [3.8, 4) is 0 Å². The van der Waals surface area contributed by atoms with E-state index in [1.165, 1.54) is 89.7 Å². The van der Waals surface area contributed by atoms with Gasteiger partial charge in [0.2, 0.25) is 65.0 Å². The van der Waals surface area contributed by atoms with Gasteiger partial charge in [0, 0.05) is 49.3 Å². The standard InChI is InChI=1S/C60H107N11O12/c1-24-26-27-28-38(13)50(73)49-54(77)63-42(25-2)56(79)65(17)32-46(72)67(19)43(29-33(3)4)53(76)64-47(36(9)10)59(82)66(18)41(16)52(75)61-39(14)51(74)62-40(15)55(78)68(20)44(30-34(5)6)57(80)69(21)45(31-35(7)8)58(81)70(22)48(37(11)12)60(83)71(49)23/h26-27,33-45,47-50,73H,24-25,28-32H2,1-23H3,(H,61,75)(H,62,74)(H,63,77)(H,64,76)/b27-26+/t38-,39+,40-,41+,42+,43-,44+,45+,47-,48+,49+,50-/m1/s1. The van der Waals surface area contributed by atoms with Crippen molar-refractivity contribution in [1.29, 1.82) is 0 Å². The van der Waals surface area contributed by atoms with Crippen LogP contribution in [-0.4, -0.2) is 227 Å². The SMILES string of the molecule is CC/C=C/C[C@@H](C)[C@@H](O)[C@H]1C(=O)N[C@@H](CC)C(=O)N(C)CC(=O)N(C)[C@H](CC(C)C)C(=O)N[C@H](C(C)C)C(=O)N(C)[C@@H](C)C(=O)N[C@@H](C)C(=O)N[C@H](C)C(=O)N(C)[C@@H](CC(C)C)C(=O)N(C)[C@@H](CC(C)C)C(=O)N(C)[C@@H](C(C)C)C(=O)N1C. The summed E-state index contributed by atoms with van der Waals surface area (Å²) in [5.74, 6) is -9.65. The molecule has 23 heteroatoms. The smallest absolute Gasteiger partial charge is 0.246 e. The lowest BCUT2D eigenvalue weighted by atomic mass is 9.91. The molecule has 23 nitrogen and oxygen atoms in total. The molecule has 0 bridgehead atoms. The number of hydrogen-bond donors (Lipinski definition) is 5. The van der Waals surface area contributed by atoms with Gasteiger partial charge in [-0.2, -0.15) is 0 Å². The van der Waals surface area contributed by atoms with Crippen LogP contribution >= 0.6 is 0 Å². The number of nitrogens with one attached hydrogen (secondary N) is 4. The Kier molecular flexibility index (Phi) is 30.7. The second-order valence-corrected chi connectivity index (χ2v) is 24.9. The van der Waals surface area contributed by atoms with Crippen LogP contribution in [0.15, 0.2) is 12.2 Å². The fourth-order valence-corrected chi connectivity index (χ4v) is 10.2. The predicted molar refractivity (Wildman–Crippen MR) is 319 cm³/mol. The van der Waals surface area contributed by atoms with E-state index in [4.69, 9.17) is 0 Å². The first kappa shape index (κ1) is 74.9. The Hall–Kier alpha value is -6.13. The third-order valence-electron chi connectivity index (χ3n) is 15.7. The fourth-order valence-electron chi connectivity index (χ4n) is 10.2. The molecule has 83 heavy (non-hydrogen) atoms. The van der Waals surface area contributed by atoms with Crippen LogP contribution in [0.4, 0.5) is 0 Å². The van der Waals surface area contributed by atoms with Crippen molar-refractivity contribution in [2.45, 2.75) is 216 Å². The highest BCUT2D eigenvalue weighted by Crippen LogP contribution is 2.25. The first-order valence-electron chi connectivity index (χ1n) is 29.7. The molecule has 0 unspecified atom stereocenters. The second-order valence-electron chi connectivity index (χ2n) is 24.9. The molecule has 1 fully saturated rings. The number of aliphatic hydroxyl groups excluding tert-OH is 1. The van der Waals surface area contributed by atoms with Crippen LogP contribution in [0.25, 0.3) is 0 Å². The lowest BCUT2D eigenvalue weighted by molar-refractivity contribution is -0.157. The van der Waals surface area contributed by atoms with Crippen LogP contribution in [0.3, 0.4) is 0 Å². The van der Waals surface area contributed by atoms with E-state index < -0.39 is 156 Å². The monoisotopic (exact) mass is 1170 g/mol. The average Bonchev–Trinajstić information content (AvgIpc) is 3.57. The van der Waals surface area contributed by atoms with E-state index in [-0.39, 0.29) is 43.4 Å². The van der Waals surface area contributed by atoms with Crippen LogP contribution in [0.1, 0.15) is 149 Å². The number of carbonyl (C=O) groups is 11. The Labute approximate surface area is 496 Å². The lowest BCUT2D eigenvalue weighted by Gasteiger charge is -2.41. The molecule has 0 spiro atoms. The van der Waals surface area contributed by atoms with Crippen molar-refractivity contribution in [3.05, 3.63) is 12.2 Å². The number of rotatable bonds is 14. The molecule has 1 aliphatic rings. The van der Waals surface area contributed by atoms with E-state index >= 15 is 9.59 Å². The topological polar surface area (TPSA) is 279 Å². The van der Waals surface area contributed by atoms with Crippen LogP contribution in [0.5, 0.6) is 0 Å². The third-order valence-corrected chi connectivity index (χ3v) is 15.7. The number of allylic oxidation sites excluding steroid dienone is 2. The minimum Gasteiger partial charge on any atom is -0.390 e. The third kappa shape index (κ3) is 20.9. The van der Waals surface area contributed by atoms with Crippen molar-refractivity contribution in [3.63, 3.8) is 0 Å². The first-order chi connectivity index (χ1) is 38.3.